The van der Waals surface area contributed by atoms with Gasteiger partial charge in [-0.05, 0) is 98.4 Å². The number of fused-ring (bicyclic) bond motifs is 10. The van der Waals surface area contributed by atoms with Gasteiger partial charge in [0.05, 0.1) is 16.4 Å². The normalized spacial score (nSPS) is 12.0. The van der Waals surface area contributed by atoms with Gasteiger partial charge in [0.1, 0.15) is 22.5 Å². The van der Waals surface area contributed by atoms with Crippen molar-refractivity contribution in [1.29, 1.82) is 0 Å². The van der Waals surface area contributed by atoms with Gasteiger partial charge in [0.25, 0.3) is 0 Å². The van der Waals surface area contributed by atoms with Gasteiger partial charge in [-0.1, -0.05) is 133 Å². The first-order valence-electron chi connectivity index (χ1n) is 18.8. The van der Waals surface area contributed by atoms with E-state index in [9.17, 15) is 0 Å². The molecule has 256 valence electrons. The zero-order valence-electron chi connectivity index (χ0n) is 29.7. The molecule has 55 heavy (non-hydrogen) atoms. The van der Waals surface area contributed by atoms with Gasteiger partial charge < -0.3 is 13.4 Å². The Hall–Kier alpha value is -7.36. The molecule has 3 aromatic heterocycles. The zero-order chi connectivity index (χ0) is 36.0. The van der Waals surface area contributed by atoms with Gasteiger partial charge in [-0.25, -0.2) is 0 Å². The molecular formula is C52H31NO2. The monoisotopic (exact) mass is 701 g/mol. The molecule has 0 aliphatic heterocycles. The van der Waals surface area contributed by atoms with E-state index in [4.69, 9.17) is 8.83 Å². The van der Waals surface area contributed by atoms with E-state index in [1.807, 2.05) is 18.2 Å². The molecular weight excluding hydrogens is 671 g/mol. The van der Waals surface area contributed by atoms with Gasteiger partial charge in [-0.2, -0.15) is 0 Å². The van der Waals surface area contributed by atoms with Gasteiger partial charge in [0.2, 0.25) is 0 Å². The maximum absolute atomic E-state index is 6.74. The van der Waals surface area contributed by atoms with Crippen LogP contribution in [0.4, 0.5) is 0 Å². The highest BCUT2D eigenvalue weighted by Crippen LogP contribution is 2.48. The summed E-state index contributed by atoms with van der Waals surface area (Å²) in [5, 5.41) is 10.5. The van der Waals surface area contributed by atoms with E-state index in [1.165, 1.54) is 60.0 Å². The Morgan fingerprint density at radius 2 is 0.982 bits per heavy atom. The third kappa shape index (κ3) is 4.38. The molecule has 12 rings (SSSR count). The third-order valence-corrected chi connectivity index (χ3v) is 11.4. The Labute approximate surface area is 315 Å². The van der Waals surface area contributed by atoms with Crippen LogP contribution < -0.4 is 0 Å². The number of furan rings is 2. The molecule has 0 unspecified atom stereocenters. The number of para-hydroxylation sites is 2. The molecule has 0 atom stereocenters. The number of aromatic nitrogens is 1. The van der Waals surface area contributed by atoms with Crippen LogP contribution in [0.25, 0.3) is 116 Å². The molecule has 3 nitrogen and oxygen atoms in total. The fourth-order valence-corrected chi connectivity index (χ4v) is 9.06. The first kappa shape index (κ1) is 30.1. The predicted molar refractivity (Wildman–Crippen MR) is 229 cm³/mol. The molecule has 3 heterocycles. The van der Waals surface area contributed by atoms with Gasteiger partial charge in [0, 0.05) is 32.8 Å². The number of hydrogen-bond donors (Lipinski definition) is 0. The highest BCUT2D eigenvalue weighted by molar-refractivity contribution is 6.27. The predicted octanol–water partition coefficient (Wildman–Crippen LogP) is 14.7. The van der Waals surface area contributed by atoms with E-state index in [0.717, 1.165) is 55.5 Å². The molecule has 0 radical (unpaired) electrons. The first-order chi connectivity index (χ1) is 27.3. The number of nitrogens with zero attached hydrogens (tertiary/aromatic N) is 1. The first-order valence-corrected chi connectivity index (χ1v) is 18.8. The largest absolute Gasteiger partial charge is 0.456 e. The minimum Gasteiger partial charge on any atom is -0.456 e. The second-order valence-corrected chi connectivity index (χ2v) is 14.4. The van der Waals surface area contributed by atoms with Crippen LogP contribution in [0.5, 0.6) is 0 Å². The van der Waals surface area contributed by atoms with Crippen LogP contribution >= 0.6 is 0 Å². The van der Waals surface area contributed by atoms with Crippen molar-refractivity contribution >= 4 is 76.3 Å². The maximum Gasteiger partial charge on any atom is 0.146 e. The molecule has 0 bridgehead atoms. The summed E-state index contributed by atoms with van der Waals surface area (Å²) < 4.78 is 15.5. The van der Waals surface area contributed by atoms with E-state index < -0.39 is 0 Å². The zero-order valence-corrected chi connectivity index (χ0v) is 29.7. The van der Waals surface area contributed by atoms with Crippen LogP contribution in [0.2, 0.25) is 0 Å². The van der Waals surface area contributed by atoms with Crippen molar-refractivity contribution in [3.63, 3.8) is 0 Å². The third-order valence-electron chi connectivity index (χ3n) is 11.4. The minimum absolute atomic E-state index is 0.816. The number of benzene rings is 9. The fourth-order valence-electron chi connectivity index (χ4n) is 9.06. The lowest BCUT2D eigenvalue weighted by atomic mass is 9.84. The van der Waals surface area contributed by atoms with Crippen molar-refractivity contribution in [2.24, 2.45) is 0 Å². The maximum atomic E-state index is 6.74. The van der Waals surface area contributed by atoms with E-state index >= 15 is 0 Å². The average Bonchev–Trinajstić information content (AvgIpc) is 3.95. The second kappa shape index (κ2) is 11.6. The van der Waals surface area contributed by atoms with Crippen molar-refractivity contribution in [1.82, 2.24) is 4.57 Å². The number of rotatable bonds is 4. The molecule has 0 spiro atoms. The minimum atomic E-state index is 0.816. The van der Waals surface area contributed by atoms with Crippen molar-refractivity contribution < 1.29 is 8.83 Å². The topological polar surface area (TPSA) is 31.2 Å². The van der Waals surface area contributed by atoms with Crippen LogP contribution in [-0.2, 0) is 0 Å². The molecule has 0 saturated carbocycles. The van der Waals surface area contributed by atoms with E-state index in [2.05, 4.69) is 174 Å². The van der Waals surface area contributed by atoms with Crippen molar-refractivity contribution in [2.75, 3.05) is 0 Å². The molecule has 0 N–H and O–H groups in total. The van der Waals surface area contributed by atoms with Crippen LogP contribution in [0.3, 0.4) is 0 Å². The molecule has 0 fully saturated rings. The Kier molecular flexibility index (Phi) is 6.34. The van der Waals surface area contributed by atoms with Gasteiger partial charge >= 0.3 is 0 Å². The van der Waals surface area contributed by atoms with Crippen LogP contribution in [-0.4, -0.2) is 4.57 Å². The Bertz CT molecular complexity index is 3420. The van der Waals surface area contributed by atoms with Gasteiger partial charge in [-0.15, -0.1) is 0 Å². The van der Waals surface area contributed by atoms with Crippen LogP contribution in [0, 0.1) is 0 Å². The van der Waals surface area contributed by atoms with Crippen molar-refractivity contribution in [2.45, 2.75) is 0 Å². The highest BCUT2D eigenvalue weighted by atomic mass is 16.3. The molecule has 0 saturated heterocycles. The Morgan fingerprint density at radius 1 is 0.345 bits per heavy atom. The summed E-state index contributed by atoms with van der Waals surface area (Å²) in [6, 6.07) is 67.2. The smallest absolute Gasteiger partial charge is 0.146 e. The Morgan fingerprint density at radius 3 is 1.73 bits per heavy atom. The summed E-state index contributed by atoms with van der Waals surface area (Å²) in [5.41, 5.74) is 11.9. The quantitative estimate of drug-likeness (QED) is 0.171. The van der Waals surface area contributed by atoms with E-state index in [-0.39, 0.29) is 0 Å². The molecule has 0 amide bonds. The van der Waals surface area contributed by atoms with Gasteiger partial charge in [0.15, 0.2) is 0 Å². The molecule has 12 aromatic rings. The van der Waals surface area contributed by atoms with Crippen molar-refractivity contribution in [3.05, 3.63) is 188 Å². The summed E-state index contributed by atoms with van der Waals surface area (Å²) in [5.74, 6) is 0.833. The molecule has 9 aromatic carbocycles. The lowest BCUT2D eigenvalue weighted by Crippen LogP contribution is -1.93. The van der Waals surface area contributed by atoms with Gasteiger partial charge in [-0.3, -0.25) is 0 Å². The average molecular weight is 702 g/mol. The lowest BCUT2D eigenvalue weighted by molar-refractivity contribution is 0.631. The summed E-state index contributed by atoms with van der Waals surface area (Å²) in [6.07, 6.45) is 0. The second-order valence-electron chi connectivity index (χ2n) is 14.4. The van der Waals surface area contributed by atoms with E-state index in [1.54, 1.807) is 0 Å². The standard InChI is InChI=1S/C52H31NO2/c1-3-14-32(15-4-1)48-31-43-46(54-48)29-27-41-51-40(23-13-25-47(51)55-52(41)43)50-38-21-9-7-19-36(38)49(37-20-8-10-22-39(37)50)33-26-28-45-42(30-33)35-18-11-12-24-44(35)53(45)34-16-5-2-6-17-34/h1-31H. The summed E-state index contributed by atoms with van der Waals surface area (Å²) in [7, 11) is 0. The molecule has 0 aliphatic rings. The molecule has 3 heteroatoms. The lowest BCUT2D eigenvalue weighted by Gasteiger charge is -2.18. The SMILES string of the molecule is c1ccc(-c2cc3c(ccc4c3oc3cccc(-c5c6ccccc6c(-c6ccc7c(c6)c6ccccc6n7-c6ccccc6)c6ccccc56)c34)o2)cc1. The number of hydrogen-bond acceptors (Lipinski definition) is 2. The van der Waals surface area contributed by atoms with Crippen LogP contribution in [0.1, 0.15) is 0 Å². The summed E-state index contributed by atoms with van der Waals surface area (Å²) in [6.45, 7) is 0. The fraction of sp³-hybridized carbons (Fsp3) is 0. The Balaban J connectivity index is 1.12. The van der Waals surface area contributed by atoms with Crippen LogP contribution in [0.15, 0.2) is 197 Å². The summed E-state index contributed by atoms with van der Waals surface area (Å²) in [4.78, 5) is 0. The van der Waals surface area contributed by atoms with E-state index in [0.29, 0.717) is 0 Å². The highest BCUT2D eigenvalue weighted by Gasteiger charge is 2.22. The molecule has 0 aliphatic carbocycles. The summed E-state index contributed by atoms with van der Waals surface area (Å²) >= 11 is 0. The van der Waals surface area contributed by atoms with Crippen molar-refractivity contribution in [3.8, 4) is 39.3 Å².